The number of hydrogen-bond acceptors (Lipinski definition) is 3. The van der Waals surface area contributed by atoms with Gasteiger partial charge in [0.15, 0.2) is 6.61 Å². The minimum Gasteiger partial charge on any atom is -0.481 e. The second kappa shape index (κ2) is 7.60. The van der Waals surface area contributed by atoms with E-state index in [9.17, 15) is 4.79 Å². The molecular weight excluding hydrogens is 228 g/mol. The summed E-state index contributed by atoms with van der Waals surface area (Å²) in [6, 6.07) is 7.14. The molecule has 0 unspecified atom stereocenters. The molecule has 0 aliphatic carbocycles. The highest BCUT2D eigenvalue weighted by Gasteiger charge is 1.95. The SMILES string of the molecule is C#CCOC(=O)/C=C/c1ccc(OCC#C)cc1. The van der Waals surface area contributed by atoms with Crippen LogP contribution in [0.4, 0.5) is 0 Å². The summed E-state index contributed by atoms with van der Waals surface area (Å²) in [5, 5.41) is 0. The van der Waals surface area contributed by atoms with Gasteiger partial charge in [0.1, 0.15) is 12.4 Å². The molecule has 0 heterocycles. The lowest BCUT2D eigenvalue weighted by molar-refractivity contribution is -0.136. The average molecular weight is 240 g/mol. The van der Waals surface area contributed by atoms with Gasteiger partial charge in [-0.15, -0.1) is 12.8 Å². The van der Waals surface area contributed by atoms with Crippen molar-refractivity contribution in [3.8, 4) is 30.4 Å². The highest BCUT2D eigenvalue weighted by Crippen LogP contribution is 2.12. The maximum absolute atomic E-state index is 11.1. The molecule has 1 aromatic rings. The molecule has 0 spiro atoms. The molecule has 0 bridgehead atoms. The molecule has 1 aromatic carbocycles. The normalized spacial score (nSPS) is 9.44. The summed E-state index contributed by atoms with van der Waals surface area (Å²) in [7, 11) is 0. The minimum atomic E-state index is -0.472. The maximum atomic E-state index is 11.1. The molecular formula is C15H12O3. The number of benzene rings is 1. The van der Waals surface area contributed by atoms with Crippen molar-refractivity contribution in [2.45, 2.75) is 0 Å². The lowest BCUT2D eigenvalue weighted by Crippen LogP contribution is -1.99. The van der Waals surface area contributed by atoms with Crippen LogP contribution in [0.25, 0.3) is 6.08 Å². The van der Waals surface area contributed by atoms with Crippen molar-refractivity contribution in [3.63, 3.8) is 0 Å². The zero-order chi connectivity index (χ0) is 13.2. The van der Waals surface area contributed by atoms with Crippen LogP contribution in [0.5, 0.6) is 5.75 Å². The number of rotatable bonds is 5. The molecule has 1 rings (SSSR count). The lowest BCUT2D eigenvalue weighted by Gasteiger charge is -2.01. The second-order valence-corrected chi connectivity index (χ2v) is 3.21. The van der Waals surface area contributed by atoms with E-state index in [0.717, 1.165) is 5.56 Å². The van der Waals surface area contributed by atoms with Gasteiger partial charge in [-0.1, -0.05) is 24.0 Å². The van der Waals surface area contributed by atoms with Gasteiger partial charge in [-0.2, -0.15) is 0 Å². The van der Waals surface area contributed by atoms with Crippen molar-refractivity contribution >= 4 is 12.0 Å². The number of ether oxygens (including phenoxy) is 2. The van der Waals surface area contributed by atoms with E-state index in [0.29, 0.717) is 5.75 Å². The van der Waals surface area contributed by atoms with Gasteiger partial charge < -0.3 is 9.47 Å². The Balaban J connectivity index is 2.53. The van der Waals surface area contributed by atoms with Gasteiger partial charge in [-0.3, -0.25) is 0 Å². The Bertz CT molecular complexity index is 498. The van der Waals surface area contributed by atoms with Gasteiger partial charge in [0.25, 0.3) is 0 Å². The Labute approximate surface area is 106 Å². The van der Waals surface area contributed by atoms with Crippen LogP contribution in [0, 0.1) is 24.7 Å². The molecule has 0 aliphatic heterocycles. The van der Waals surface area contributed by atoms with Gasteiger partial charge >= 0.3 is 5.97 Å². The molecule has 0 amide bonds. The smallest absolute Gasteiger partial charge is 0.331 e. The van der Waals surface area contributed by atoms with Crippen LogP contribution in [0.1, 0.15) is 5.56 Å². The van der Waals surface area contributed by atoms with Crippen molar-refractivity contribution in [2.24, 2.45) is 0 Å². The third-order valence-electron chi connectivity index (χ3n) is 1.91. The van der Waals surface area contributed by atoms with Crippen LogP contribution < -0.4 is 4.74 Å². The van der Waals surface area contributed by atoms with E-state index in [1.165, 1.54) is 6.08 Å². The quantitative estimate of drug-likeness (QED) is 0.448. The molecule has 0 fully saturated rings. The van der Waals surface area contributed by atoms with Gasteiger partial charge in [0, 0.05) is 6.08 Å². The van der Waals surface area contributed by atoms with E-state index in [1.807, 2.05) is 0 Å². The van der Waals surface area contributed by atoms with Crippen LogP contribution in [0.2, 0.25) is 0 Å². The van der Waals surface area contributed by atoms with E-state index in [4.69, 9.17) is 17.6 Å². The number of hydrogen-bond donors (Lipinski definition) is 0. The molecule has 0 saturated heterocycles. The maximum Gasteiger partial charge on any atom is 0.331 e. The summed E-state index contributed by atoms with van der Waals surface area (Å²) in [6.45, 7) is 0.204. The number of terminal acetylenes is 2. The van der Waals surface area contributed by atoms with Crippen LogP contribution in [0.15, 0.2) is 30.3 Å². The minimum absolute atomic E-state index is 0.0258. The third kappa shape index (κ3) is 4.92. The van der Waals surface area contributed by atoms with E-state index in [-0.39, 0.29) is 13.2 Å². The van der Waals surface area contributed by atoms with Crippen LogP contribution in [-0.2, 0) is 9.53 Å². The fraction of sp³-hybridized carbons (Fsp3) is 0.133. The first kappa shape index (κ1) is 13.4. The summed E-state index contributed by atoms with van der Waals surface area (Å²) in [5.41, 5.74) is 0.848. The van der Waals surface area contributed by atoms with Gasteiger partial charge in [0.2, 0.25) is 0 Å². The lowest BCUT2D eigenvalue weighted by atomic mass is 10.2. The Morgan fingerprint density at radius 3 is 2.44 bits per heavy atom. The molecule has 3 nitrogen and oxygen atoms in total. The predicted octanol–water partition coefficient (Wildman–Crippen LogP) is 1.89. The molecule has 0 radical (unpaired) electrons. The first-order valence-corrected chi connectivity index (χ1v) is 5.21. The van der Waals surface area contributed by atoms with Crippen LogP contribution in [0.3, 0.4) is 0 Å². The first-order chi connectivity index (χ1) is 8.76. The second-order valence-electron chi connectivity index (χ2n) is 3.21. The molecule has 0 aliphatic rings. The average Bonchev–Trinajstić information content (AvgIpc) is 2.41. The summed E-state index contributed by atoms with van der Waals surface area (Å²) >= 11 is 0. The number of esters is 1. The fourth-order valence-corrected chi connectivity index (χ4v) is 1.13. The summed E-state index contributed by atoms with van der Waals surface area (Å²) in [4.78, 5) is 11.1. The van der Waals surface area contributed by atoms with E-state index < -0.39 is 5.97 Å². The summed E-state index contributed by atoms with van der Waals surface area (Å²) < 4.78 is 9.90. The highest BCUT2D eigenvalue weighted by molar-refractivity contribution is 5.87. The van der Waals surface area contributed by atoms with Gasteiger partial charge in [-0.25, -0.2) is 4.79 Å². The highest BCUT2D eigenvalue weighted by atomic mass is 16.5. The number of carbonyl (C=O) groups is 1. The zero-order valence-electron chi connectivity index (χ0n) is 9.76. The molecule has 18 heavy (non-hydrogen) atoms. The Kier molecular flexibility index (Phi) is 5.66. The molecule has 0 aromatic heterocycles. The van der Waals surface area contributed by atoms with Crippen LogP contribution >= 0.6 is 0 Å². The monoisotopic (exact) mass is 240 g/mol. The largest absolute Gasteiger partial charge is 0.481 e. The Hall–Kier alpha value is -2.65. The topological polar surface area (TPSA) is 35.5 Å². The van der Waals surface area contributed by atoms with Crippen molar-refractivity contribution in [1.82, 2.24) is 0 Å². The van der Waals surface area contributed by atoms with Gasteiger partial charge in [0.05, 0.1) is 0 Å². The van der Waals surface area contributed by atoms with E-state index in [1.54, 1.807) is 30.3 Å². The number of carbonyl (C=O) groups excluding carboxylic acids is 1. The summed E-state index contributed by atoms with van der Waals surface area (Å²) in [5.74, 6) is 4.80. The standard InChI is InChI=1S/C15H12O3/c1-3-11-17-14-8-5-13(6-9-14)7-10-15(16)18-12-4-2/h1-2,5-10H,11-12H2/b10-7+. The molecule has 0 N–H and O–H groups in total. The van der Waals surface area contributed by atoms with Crippen molar-refractivity contribution in [1.29, 1.82) is 0 Å². The Morgan fingerprint density at radius 1 is 1.17 bits per heavy atom. The van der Waals surface area contributed by atoms with Crippen molar-refractivity contribution in [2.75, 3.05) is 13.2 Å². The third-order valence-corrected chi connectivity index (χ3v) is 1.91. The molecule has 3 heteroatoms. The van der Waals surface area contributed by atoms with E-state index in [2.05, 4.69) is 16.6 Å². The molecule has 90 valence electrons. The van der Waals surface area contributed by atoms with Crippen LogP contribution in [-0.4, -0.2) is 19.2 Å². The first-order valence-electron chi connectivity index (χ1n) is 5.21. The molecule has 0 saturated carbocycles. The van der Waals surface area contributed by atoms with Gasteiger partial charge in [-0.05, 0) is 23.8 Å². The summed E-state index contributed by atoms with van der Waals surface area (Å²) in [6.07, 6.45) is 13.0. The van der Waals surface area contributed by atoms with Crippen molar-refractivity contribution < 1.29 is 14.3 Å². The Morgan fingerprint density at radius 2 is 1.83 bits per heavy atom. The van der Waals surface area contributed by atoms with Crippen molar-refractivity contribution in [3.05, 3.63) is 35.9 Å². The molecule has 0 atom stereocenters. The predicted molar refractivity (Wildman–Crippen MR) is 69.6 cm³/mol. The zero-order valence-corrected chi connectivity index (χ0v) is 9.76. The fourth-order valence-electron chi connectivity index (χ4n) is 1.13. The van der Waals surface area contributed by atoms with E-state index >= 15 is 0 Å².